The Bertz CT molecular complexity index is 1020. The zero-order chi connectivity index (χ0) is 19.4. The molecule has 0 N–H and O–H groups in total. The summed E-state index contributed by atoms with van der Waals surface area (Å²) in [6.07, 6.45) is 6.91. The fourth-order valence-electron chi connectivity index (χ4n) is 2.99. The maximum absolute atomic E-state index is 14.7. The number of aryl methyl sites for hydroxylation is 1. The third-order valence-electron chi connectivity index (χ3n) is 5.33. The highest BCUT2D eigenvalue weighted by Gasteiger charge is 2.53. The first kappa shape index (κ1) is 18.3. The van der Waals surface area contributed by atoms with Crippen molar-refractivity contribution in [2.75, 3.05) is 0 Å². The molecule has 0 spiro atoms. The van der Waals surface area contributed by atoms with E-state index in [0.29, 0.717) is 0 Å². The summed E-state index contributed by atoms with van der Waals surface area (Å²) >= 11 is 1.49. The molecule has 3 aromatic heterocycles. The summed E-state index contributed by atoms with van der Waals surface area (Å²) in [6, 6.07) is 3.86. The first-order chi connectivity index (χ1) is 12.7. The fraction of sp³-hybridized carbons (Fsp3) is 0.368. The van der Waals surface area contributed by atoms with Gasteiger partial charge in [-0.15, -0.1) is 11.3 Å². The molecule has 8 heteroatoms. The topological polar surface area (TPSA) is 49.2 Å². The van der Waals surface area contributed by atoms with Crippen LogP contribution in [-0.2, 0) is 16.4 Å². The molecular weight excluding hydrogens is 364 g/mol. The van der Waals surface area contributed by atoms with Crippen LogP contribution in [0, 0.1) is 0 Å². The van der Waals surface area contributed by atoms with Crippen molar-refractivity contribution in [2.45, 2.75) is 38.9 Å². The first-order valence-electron chi connectivity index (χ1n) is 8.77. The molecule has 3 aromatic rings. The summed E-state index contributed by atoms with van der Waals surface area (Å²) in [4.78, 5) is 6.10. The van der Waals surface area contributed by atoms with Gasteiger partial charge in [-0.2, -0.15) is 5.10 Å². The van der Waals surface area contributed by atoms with E-state index in [2.05, 4.69) is 10.1 Å². The fourth-order valence-corrected chi connectivity index (χ4v) is 3.96. The Morgan fingerprint density at radius 2 is 1.85 bits per heavy atom. The van der Waals surface area contributed by atoms with Crippen molar-refractivity contribution in [3.05, 3.63) is 41.3 Å². The lowest BCUT2D eigenvalue weighted by molar-refractivity contribution is 0.00578. The lowest BCUT2D eigenvalue weighted by Gasteiger charge is -2.32. The monoisotopic (exact) mass is 385 g/mol. The number of hydrogen-bond donors (Lipinski definition) is 0. The van der Waals surface area contributed by atoms with Crippen molar-refractivity contribution in [3.8, 4) is 10.4 Å². The summed E-state index contributed by atoms with van der Waals surface area (Å²) in [5.74, 6) is 0. The Labute approximate surface area is 162 Å². The minimum atomic E-state index is -0.982. The summed E-state index contributed by atoms with van der Waals surface area (Å²) in [5.41, 5.74) is 0.387. The summed E-state index contributed by atoms with van der Waals surface area (Å²) in [5, 5.41) is 5.32. The molecule has 0 aliphatic carbocycles. The number of pyridine rings is 1. The molecule has 1 aliphatic rings. The van der Waals surface area contributed by atoms with E-state index >= 15 is 0 Å². The van der Waals surface area contributed by atoms with E-state index in [1.807, 2.05) is 59.3 Å². The minimum absolute atomic E-state index is 0.431. The smallest absolute Gasteiger partial charge is 0.398 e. The van der Waals surface area contributed by atoms with Gasteiger partial charge in [0.1, 0.15) is 5.73 Å². The van der Waals surface area contributed by atoms with Crippen molar-refractivity contribution in [1.29, 1.82) is 0 Å². The van der Waals surface area contributed by atoms with Gasteiger partial charge in [0.25, 0.3) is 0 Å². The number of hydrogen-bond acceptors (Lipinski definition) is 5. The average Bonchev–Trinajstić information content (AvgIpc) is 3.25. The van der Waals surface area contributed by atoms with Crippen molar-refractivity contribution >= 4 is 35.4 Å². The Balaban J connectivity index is 1.62. The number of rotatable bonds is 3. The van der Waals surface area contributed by atoms with E-state index in [4.69, 9.17) is 9.31 Å². The van der Waals surface area contributed by atoms with Crippen LogP contribution >= 0.6 is 11.3 Å². The zero-order valence-electron chi connectivity index (χ0n) is 16.0. The van der Waals surface area contributed by atoms with Gasteiger partial charge in [0.15, 0.2) is 0 Å². The molecule has 0 atom stereocenters. The number of thiophene rings is 1. The molecule has 4 rings (SSSR count). The SMILES string of the molecule is Cn1ncc2c(-c3ccc(C=C(F)B4OC(C)(C)C(C)(C)O4)s3)cncc21. The van der Waals surface area contributed by atoms with Crippen LogP contribution in [0.15, 0.2) is 36.4 Å². The number of aromatic nitrogens is 3. The highest BCUT2D eigenvalue weighted by atomic mass is 32.1. The molecule has 140 valence electrons. The zero-order valence-corrected chi connectivity index (χ0v) is 16.8. The molecule has 27 heavy (non-hydrogen) atoms. The van der Waals surface area contributed by atoms with Gasteiger partial charge in [0.2, 0.25) is 0 Å². The Kier molecular flexibility index (Phi) is 4.25. The molecule has 5 nitrogen and oxygen atoms in total. The molecule has 0 radical (unpaired) electrons. The number of halogens is 1. The van der Waals surface area contributed by atoms with Crippen molar-refractivity contribution in [2.24, 2.45) is 7.05 Å². The quantitative estimate of drug-likeness (QED) is 0.617. The molecule has 1 fully saturated rings. The maximum atomic E-state index is 14.7. The lowest BCUT2D eigenvalue weighted by Crippen LogP contribution is -2.41. The molecule has 0 bridgehead atoms. The van der Waals surface area contributed by atoms with Gasteiger partial charge < -0.3 is 9.31 Å². The van der Waals surface area contributed by atoms with Gasteiger partial charge in [0.05, 0.1) is 29.1 Å². The van der Waals surface area contributed by atoms with Gasteiger partial charge in [-0.1, -0.05) is 0 Å². The highest BCUT2D eigenvalue weighted by Crippen LogP contribution is 2.40. The lowest BCUT2D eigenvalue weighted by atomic mass is 9.87. The third kappa shape index (κ3) is 3.11. The van der Waals surface area contributed by atoms with Gasteiger partial charge in [-0.05, 0) is 45.9 Å². The van der Waals surface area contributed by atoms with E-state index in [0.717, 1.165) is 26.2 Å². The summed E-state index contributed by atoms with van der Waals surface area (Å²) < 4.78 is 28.1. The van der Waals surface area contributed by atoms with E-state index in [1.165, 1.54) is 17.4 Å². The van der Waals surface area contributed by atoms with Crippen LogP contribution in [0.25, 0.3) is 27.4 Å². The standard InChI is InChI=1S/C19H21BFN3O2S/c1-18(2)19(3,4)26-20(25-18)17(21)8-12-6-7-16(27-12)14-9-22-11-15-13(14)10-23-24(15)5/h6-11H,1-5H3. The van der Waals surface area contributed by atoms with Crippen LogP contribution in [0.5, 0.6) is 0 Å². The van der Waals surface area contributed by atoms with E-state index in [-0.39, 0.29) is 0 Å². The first-order valence-corrected chi connectivity index (χ1v) is 9.58. The van der Waals surface area contributed by atoms with Crippen LogP contribution in [0.3, 0.4) is 0 Å². The molecular formula is C19H21BFN3O2S. The normalized spacial score (nSPS) is 19.2. The molecule has 1 aliphatic heterocycles. The second kappa shape index (κ2) is 6.26. The number of nitrogens with zero attached hydrogens (tertiary/aromatic N) is 3. The van der Waals surface area contributed by atoms with Crippen LogP contribution in [-0.4, -0.2) is 33.1 Å². The molecule has 0 aromatic carbocycles. The van der Waals surface area contributed by atoms with Crippen LogP contribution in [0.1, 0.15) is 32.6 Å². The summed E-state index contributed by atoms with van der Waals surface area (Å²) in [7, 11) is 0.903. The van der Waals surface area contributed by atoms with Crippen LogP contribution < -0.4 is 0 Å². The Hall–Kier alpha value is -2.03. The Morgan fingerprint density at radius 1 is 1.15 bits per heavy atom. The average molecular weight is 385 g/mol. The Morgan fingerprint density at radius 3 is 2.56 bits per heavy atom. The number of fused-ring (bicyclic) bond motifs is 1. The predicted octanol–water partition coefficient (Wildman–Crippen LogP) is 4.64. The second-order valence-electron chi connectivity index (χ2n) is 7.71. The van der Waals surface area contributed by atoms with Crippen molar-refractivity contribution in [1.82, 2.24) is 14.8 Å². The van der Waals surface area contributed by atoms with Crippen LogP contribution in [0.2, 0.25) is 0 Å². The van der Waals surface area contributed by atoms with E-state index in [1.54, 1.807) is 10.9 Å². The minimum Gasteiger partial charge on any atom is -0.398 e. The van der Waals surface area contributed by atoms with Crippen molar-refractivity contribution in [3.63, 3.8) is 0 Å². The molecule has 4 heterocycles. The van der Waals surface area contributed by atoms with E-state index in [9.17, 15) is 4.39 Å². The third-order valence-corrected chi connectivity index (χ3v) is 6.39. The molecule has 0 amide bonds. The van der Waals surface area contributed by atoms with Gasteiger partial charge in [-0.25, -0.2) is 4.39 Å². The van der Waals surface area contributed by atoms with Crippen molar-refractivity contribution < 1.29 is 13.7 Å². The van der Waals surface area contributed by atoms with Crippen LogP contribution in [0.4, 0.5) is 4.39 Å². The molecule has 0 saturated carbocycles. The van der Waals surface area contributed by atoms with E-state index < -0.39 is 24.0 Å². The van der Waals surface area contributed by atoms with Gasteiger partial charge in [0, 0.05) is 33.9 Å². The predicted molar refractivity (Wildman–Crippen MR) is 107 cm³/mol. The second-order valence-corrected chi connectivity index (χ2v) is 8.82. The highest BCUT2D eigenvalue weighted by molar-refractivity contribution is 7.16. The summed E-state index contributed by atoms with van der Waals surface area (Å²) in [6.45, 7) is 7.63. The maximum Gasteiger partial charge on any atom is 0.525 e. The molecule has 1 saturated heterocycles. The largest absolute Gasteiger partial charge is 0.525 e. The van der Waals surface area contributed by atoms with Gasteiger partial charge in [-0.3, -0.25) is 9.67 Å². The van der Waals surface area contributed by atoms with Gasteiger partial charge >= 0.3 is 7.12 Å². The molecule has 0 unspecified atom stereocenters.